The summed E-state index contributed by atoms with van der Waals surface area (Å²) in [5, 5.41) is 14.0. The first-order chi connectivity index (χ1) is 15.3. The second-order valence-electron chi connectivity index (χ2n) is 6.78. The zero-order valence-electron chi connectivity index (χ0n) is 16.8. The van der Waals surface area contributed by atoms with Crippen LogP contribution in [0.15, 0.2) is 54.6 Å². The normalized spacial score (nSPS) is 11.1. The number of hydrogen-bond donors (Lipinski definition) is 1. The first-order valence-corrected chi connectivity index (χ1v) is 10.8. The highest BCUT2D eigenvalue weighted by Gasteiger charge is 2.10. The molecule has 0 aliphatic rings. The molecule has 0 bridgehead atoms. The van der Waals surface area contributed by atoms with E-state index in [9.17, 15) is 10.1 Å². The molecule has 0 aliphatic carbocycles. The summed E-state index contributed by atoms with van der Waals surface area (Å²) >= 11 is 24.5. The Hall–Kier alpha value is -2.68. The van der Waals surface area contributed by atoms with E-state index in [-0.39, 0.29) is 12.5 Å². The lowest BCUT2D eigenvalue weighted by molar-refractivity contribution is -0.118. The number of anilines is 1. The summed E-state index contributed by atoms with van der Waals surface area (Å²) in [5.74, 6) is -0.0157. The number of allylic oxidation sites excluding steroid dienone is 1. The SMILES string of the molecule is Cc1ccc(NC(=O)COc2ccc(/C=C(\C#N)c3ccc(Cl)cc3Cl)cc2Cl)cc1Cl. The van der Waals surface area contributed by atoms with Gasteiger partial charge in [0, 0.05) is 21.3 Å². The van der Waals surface area contributed by atoms with Crippen LogP contribution >= 0.6 is 46.4 Å². The lowest BCUT2D eigenvalue weighted by Crippen LogP contribution is -2.20. The fraction of sp³-hybridized carbons (Fsp3) is 0.0833. The highest BCUT2D eigenvalue weighted by atomic mass is 35.5. The molecule has 3 rings (SSSR count). The summed E-state index contributed by atoms with van der Waals surface area (Å²) in [5.41, 5.74) is 3.07. The van der Waals surface area contributed by atoms with Crippen LogP contribution in [0.4, 0.5) is 5.69 Å². The van der Waals surface area contributed by atoms with Crippen molar-refractivity contribution in [1.82, 2.24) is 0 Å². The summed E-state index contributed by atoms with van der Waals surface area (Å²) in [7, 11) is 0. The molecule has 0 fully saturated rings. The quantitative estimate of drug-likeness (QED) is 0.276. The van der Waals surface area contributed by atoms with Crippen LogP contribution in [-0.4, -0.2) is 12.5 Å². The molecule has 162 valence electrons. The fourth-order valence-electron chi connectivity index (χ4n) is 2.78. The molecule has 0 atom stereocenters. The molecule has 0 unspecified atom stereocenters. The van der Waals surface area contributed by atoms with Crippen LogP contribution in [0.1, 0.15) is 16.7 Å². The van der Waals surface area contributed by atoms with Crippen molar-refractivity contribution in [2.45, 2.75) is 6.92 Å². The second kappa shape index (κ2) is 10.8. The van der Waals surface area contributed by atoms with Gasteiger partial charge in [-0.25, -0.2) is 0 Å². The number of amides is 1. The van der Waals surface area contributed by atoms with Crippen molar-refractivity contribution >= 4 is 69.6 Å². The van der Waals surface area contributed by atoms with Crippen LogP contribution in [0.5, 0.6) is 5.75 Å². The first kappa shape index (κ1) is 24.0. The molecule has 1 amide bonds. The van der Waals surface area contributed by atoms with Gasteiger partial charge in [-0.15, -0.1) is 0 Å². The number of carbonyl (C=O) groups excluding carboxylic acids is 1. The minimum absolute atomic E-state index is 0.232. The summed E-state index contributed by atoms with van der Waals surface area (Å²) < 4.78 is 5.53. The third kappa shape index (κ3) is 6.18. The average molecular weight is 506 g/mol. The van der Waals surface area contributed by atoms with Gasteiger partial charge in [0.05, 0.1) is 21.7 Å². The van der Waals surface area contributed by atoms with Crippen molar-refractivity contribution in [2.24, 2.45) is 0 Å². The van der Waals surface area contributed by atoms with E-state index in [0.29, 0.717) is 48.2 Å². The molecule has 0 radical (unpaired) electrons. The Labute approximate surface area is 205 Å². The van der Waals surface area contributed by atoms with Gasteiger partial charge in [0.2, 0.25) is 0 Å². The Balaban J connectivity index is 1.69. The van der Waals surface area contributed by atoms with E-state index >= 15 is 0 Å². The number of hydrogen-bond acceptors (Lipinski definition) is 3. The minimum atomic E-state index is -0.353. The van der Waals surface area contributed by atoms with Crippen molar-refractivity contribution in [1.29, 1.82) is 5.26 Å². The maximum Gasteiger partial charge on any atom is 0.262 e. The van der Waals surface area contributed by atoms with Gasteiger partial charge >= 0.3 is 0 Å². The average Bonchev–Trinajstić information content (AvgIpc) is 2.74. The monoisotopic (exact) mass is 504 g/mol. The number of carbonyl (C=O) groups is 1. The van der Waals surface area contributed by atoms with Gasteiger partial charge in [0.1, 0.15) is 5.75 Å². The zero-order chi connectivity index (χ0) is 23.3. The Morgan fingerprint density at radius 3 is 2.44 bits per heavy atom. The Bertz CT molecular complexity index is 1250. The Kier molecular flexibility index (Phi) is 8.06. The summed E-state index contributed by atoms with van der Waals surface area (Å²) in [6.45, 7) is 1.64. The highest BCUT2D eigenvalue weighted by molar-refractivity contribution is 6.36. The maximum absolute atomic E-state index is 12.2. The molecule has 0 aliphatic heterocycles. The number of nitrogens with one attached hydrogen (secondary N) is 1. The fourth-order valence-corrected chi connectivity index (χ4v) is 3.71. The van der Waals surface area contributed by atoms with Crippen molar-refractivity contribution in [3.63, 3.8) is 0 Å². The number of aryl methyl sites for hydroxylation is 1. The maximum atomic E-state index is 12.2. The first-order valence-electron chi connectivity index (χ1n) is 9.32. The molecule has 0 spiro atoms. The molecule has 0 saturated carbocycles. The second-order valence-corrected chi connectivity index (χ2v) is 8.44. The van der Waals surface area contributed by atoms with E-state index in [0.717, 1.165) is 5.56 Å². The van der Waals surface area contributed by atoms with Crippen LogP contribution < -0.4 is 10.1 Å². The number of ether oxygens (including phenoxy) is 1. The van der Waals surface area contributed by atoms with E-state index in [1.807, 2.05) is 13.0 Å². The van der Waals surface area contributed by atoms with Crippen LogP contribution in [0.2, 0.25) is 20.1 Å². The van der Waals surface area contributed by atoms with Gasteiger partial charge in [-0.2, -0.15) is 5.26 Å². The van der Waals surface area contributed by atoms with Gasteiger partial charge in [-0.1, -0.05) is 64.6 Å². The topological polar surface area (TPSA) is 62.1 Å². The van der Waals surface area contributed by atoms with E-state index in [1.54, 1.807) is 54.6 Å². The molecule has 3 aromatic rings. The van der Waals surface area contributed by atoms with Crippen LogP contribution in [-0.2, 0) is 4.79 Å². The van der Waals surface area contributed by atoms with Gasteiger partial charge < -0.3 is 10.1 Å². The highest BCUT2D eigenvalue weighted by Crippen LogP contribution is 2.31. The number of nitrogens with zero attached hydrogens (tertiary/aromatic N) is 1. The molecule has 32 heavy (non-hydrogen) atoms. The predicted molar refractivity (Wildman–Crippen MR) is 132 cm³/mol. The van der Waals surface area contributed by atoms with Crippen molar-refractivity contribution in [3.8, 4) is 11.8 Å². The standard InChI is InChI=1S/C24H16Cl4N2O2/c1-14-2-5-18(11-20(14)26)30-24(31)13-32-23-7-3-15(9-22(23)28)8-16(12-29)19-6-4-17(25)10-21(19)27/h2-11H,13H2,1H3,(H,30,31)/b16-8+. The smallest absolute Gasteiger partial charge is 0.262 e. The van der Waals surface area contributed by atoms with Gasteiger partial charge in [0.25, 0.3) is 5.91 Å². The van der Waals surface area contributed by atoms with E-state index < -0.39 is 0 Å². The van der Waals surface area contributed by atoms with Gasteiger partial charge in [0.15, 0.2) is 6.61 Å². The molecule has 1 N–H and O–H groups in total. The van der Waals surface area contributed by atoms with Crippen molar-refractivity contribution < 1.29 is 9.53 Å². The van der Waals surface area contributed by atoms with E-state index in [1.165, 1.54) is 0 Å². The molecule has 4 nitrogen and oxygen atoms in total. The lowest BCUT2D eigenvalue weighted by Gasteiger charge is -2.10. The molecule has 8 heteroatoms. The predicted octanol–water partition coefficient (Wildman–Crippen LogP) is 7.69. The minimum Gasteiger partial charge on any atom is -0.482 e. The zero-order valence-corrected chi connectivity index (χ0v) is 19.8. The van der Waals surface area contributed by atoms with Crippen LogP contribution in [0, 0.1) is 18.3 Å². The molecule has 3 aromatic carbocycles. The van der Waals surface area contributed by atoms with Crippen LogP contribution in [0.25, 0.3) is 11.6 Å². The molecule has 0 aromatic heterocycles. The summed E-state index contributed by atoms with van der Waals surface area (Å²) in [6.07, 6.45) is 1.65. The number of nitriles is 1. The Morgan fingerprint density at radius 2 is 1.78 bits per heavy atom. The van der Waals surface area contributed by atoms with Crippen molar-refractivity contribution in [2.75, 3.05) is 11.9 Å². The Morgan fingerprint density at radius 1 is 1.00 bits per heavy atom. The van der Waals surface area contributed by atoms with Gasteiger partial charge in [-0.05, 0) is 60.5 Å². The third-order valence-electron chi connectivity index (χ3n) is 4.42. The third-order valence-corrected chi connectivity index (χ3v) is 5.67. The van der Waals surface area contributed by atoms with E-state index in [4.69, 9.17) is 51.1 Å². The number of halogens is 4. The largest absolute Gasteiger partial charge is 0.482 e. The van der Waals surface area contributed by atoms with E-state index in [2.05, 4.69) is 11.4 Å². The molecule has 0 saturated heterocycles. The van der Waals surface area contributed by atoms with Gasteiger partial charge in [-0.3, -0.25) is 4.79 Å². The molecular formula is C24H16Cl4N2O2. The van der Waals surface area contributed by atoms with Crippen LogP contribution in [0.3, 0.4) is 0 Å². The lowest BCUT2D eigenvalue weighted by atomic mass is 10.0. The molecular weight excluding hydrogens is 490 g/mol. The number of rotatable bonds is 6. The van der Waals surface area contributed by atoms with Crippen molar-refractivity contribution in [3.05, 3.63) is 91.4 Å². The summed E-state index contributed by atoms with van der Waals surface area (Å²) in [6, 6.07) is 17.3. The molecule has 0 heterocycles. The number of benzene rings is 3. The summed E-state index contributed by atoms with van der Waals surface area (Å²) in [4.78, 5) is 12.2.